The third-order valence-corrected chi connectivity index (χ3v) is 3.54. The zero-order chi connectivity index (χ0) is 14.1. The van der Waals surface area contributed by atoms with E-state index >= 15 is 0 Å². The van der Waals surface area contributed by atoms with Crippen molar-refractivity contribution < 1.29 is 4.74 Å². The predicted octanol–water partition coefficient (Wildman–Crippen LogP) is 2.47. The van der Waals surface area contributed by atoms with Gasteiger partial charge in [-0.2, -0.15) is 0 Å². The van der Waals surface area contributed by atoms with Crippen molar-refractivity contribution in [3.05, 3.63) is 63.9 Å². The minimum absolute atomic E-state index is 0.0355. The Labute approximate surface area is 116 Å². The van der Waals surface area contributed by atoms with E-state index in [1.807, 2.05) is 49.5 Å². The van der Waals surface area contributed by atoms with Gasteiger partial charge in [-0.3, -0.25) is 14.6 Å². The van der Waals surface area contributed by atoms with E-state index in [4.69, 9.17) is 4.74 Å². The van der Waals surface area contributed by atoms with Crippen LogP contribution >= 0.6 is 0 Å². The lowest BCUT2D eigenvalue weighted by atomic mass is 10.0. The normalized spacial score (nSPS) is 10.9. The van der Waals surface area contributed by atoms with E-state index in [0.717, 1.165) is 34.2 Å². The number of hydrogen-bond acceptors (Lipinski definition) is 2. The van der Waals surface area contributed by atoms with Gasteiger partial charge in [0.2, 0.25) is 0 Å². The Morgan fingerprint density at radius 1 is 1.15 bits per heavy atom. The molecule has 1 heterocycles. The van der Waals surface area contributed by atoms with Gasteiger partial charge < -0.3 is 4.74 Å². The van der Waals surface area contributed by atoms with Gasteiger partial charge in [0.1, 0.15) is 5.75 Å². The molecule has 0 amide bonds. The summed E-state index contributed by atoms with van der Waals surface area (Å²) >= 11 is 0. The summed E-state index contributed by atoms with van der Waals surface area (Å²) in [4.78, 5) is 12.0. The molecule has 0 spiro atoms. The fourth-order valence-electron chi connectivity index (χ4n) is 2.51. The van der Waals surface area contributed by atoms with Crippen LogP contribution in [0.5, 0.6) is 5.75 Å². The van der Waals surface area contributed by atoms with Gasteiger partial charge in [-0.05, 0) is 35.7 Å². The van der Waals surface area contributed by atoms with E-state index in [-0.39, 0.29) is 5.56 Å². The zero-order valence-electron chi connectivity index (χ0n) is 11.5. The minimum Gasteiger partial charge on any atom is -0.497 e. The summed E-state index contributed by atoms with van der Waals surface area (Å²) in [6, 6.07) is 13.8. The molecular formula is C16H16N2O2. The van der Waals surface area contributed by atoms with Crippen molar-refractivity contribution in [2.75, 3.05) is 7.11 Å². The van der Waals surface area contributed by atoms with Gasteiger partial charge in [0.25, 0.3) is 5.56 Å². The Kier molecular flexibility index (Phi) is 3.06. The fourth-order valence-corrected chi connectivity index (χ4v) is 2.51. The Morgan fingerprint density at radius 2 is 1.90 bits per heavy atom. The van der Waals surface area contributed by atoms with Crippen molar-refractivity contribution in [2.24, 2.45) is 7.05 Å². The molecule has 0 fully saturated rings. The molecule has 1 N–H and O–H groups in total. The fraction of sp³-hybridized carbons (Fsp3) is 0.188. The summed E-state index contributed by atoms with van der Waals surface area (Å²) in [6.07, 6.45) is 0.731. The number of nitrogens with one attached hydrogen (secondary N) is 1. The van der Waals surface area contributed by atoms with Crippen molar-refractivity contribution in [1.29, 1.82) is 0 Å². The predicted molar refractivity (Wildman–Crippen MR) is 79.3 cm³/mol. The number of hydrogen-bond donors (Lipinski definition) is 1. The van der Waals surface area contributed by atoms with Gasteiger partial charge in [0, 0.05) is 7.05 Å². The summed E-state index contributed by atoms with van der Waals surface area (Å²) in [6.45, 7) is 0. The van der Waals surface area contributed by atoms with E-state index in [0.29, 0.717) is 0 Å². The van der Waals surface area contributed by atoms with Crippen molar-refractivity contribution in [3.8, 4) is 5.75 Å². The van der Waals surface area contributed by atoms with E-state index in [1.54, 1.807) is 11.8 Å². The monoisotopic (exact) mass is 268 g/mol. The van der Waals surface area contributed by atoms with Crippen molar-refractivity contribution in [3.63, 3.8) is 0 Å². The number of aryl methyl sites for hydroxylation is 1. The molecule has 0 radical (unpaired) electrons. The molecule has 0 saturated carbocycles. The summed E-state index contributed by atoms with van der Waals surface area (Å²) < 4.78 is 6.91. The Bertz CT molecular complexity index is 797. The molecule has 3 aromatic rings. The van der Waals surface area contributed by atoms with Crippen LogP contribution in [0.1, 0.15) is 11.1 Å². The summed E-state index contributed by atoms with van der Waals surface area (Å²) in [5.41, 5.74) is 3.09. The summed E-state index contributed by atoms with van der Waals surface area (Å²) in [7, 11) is 3.50. The van der Waals surface area contributed by atoms with Gasteiger partial charge >= 0.3 is 0 Å². The first-order valence-corrected chi connectivity index (χ1v) is 6.48. The molecule has 0 unspecified atom stereocenters. The first-order chi connectivity index (χ1) is 9.69. The molecule has 20 heavy (non-hydrogen) atoms. The summed E-state index contributed by atoms with van der Waals surface area (Å²) in [5, 5.41) is 3.57. The zero-order valence-corrected chi connectivity index (χ0v) is 11.5. The van der Waals surface area contributed by atoms with Gasteiger partial charge in [-0.1, -0.05) is 24.3 Å². The van der Waals surface area contributed by atoms with E-state index in [9.17, 15) is 4.79 Å². The van der Waals surface area contributed by atoms with Gasteiger partial charge in [-0.15, -0.1) is 0 Å². The number of fused-ring (bicyclic) bond motifs is 1. The third kappa shape index (κ3) is 2.09. The molecule has 0 bridgehead atoms. The molecule has 4 nitrogen and oxygen atoms in total. The smallest absolute Gasteiger partial charge is 0.272 e. The lowest BCUT2D eigenvalue weighted by Crippen LogP contribution is -2.03. The largest absolute Gasteiger partial charge is 0.497 e. The maximum absolute atomic E-state index is 12.0. The number of aromatic nitrogens is 2. The van der Waals surface area contributed by atoms with Crippen LogP contribution in [0.15, 0.2) is 47.3 Å². The number of rotatable bonds is 3. The van der Waals surface area contributed by atoms with Crippen molar-refractivity contribution in [2.45, 2.75) is 6.42 Å². The van der Waals surface area contributed by atoms with Crippen molar-refractivity contribution in [1.82, 2.24) is 9.78 Å². The van der Waals surface area contributed by atoms with Crippen LogP contribution in [0.25, 0.3) is 10.9 Å². The molecule has 0 atom stereocenters. The first-order valence-electron chi connectivity index (χ1n) is 6.48. The van der Waals surface area contributed by atoms with Crippen LogP contribution in [-0.4, -0.2) is 16.9 Å². The maximum atomic E-state index is 12.0. The summed E-state index contributed by atoms with van der Waals surface area (Å²) in [5.74, 6) is 0.838. The highest BCUT2D eigenvalue weighted by atomic mass is 16.5. The number of methoxy groups -OCH3 is 1. The number of nitrogens with zero attached hydrogens (tertiary/aromatic N) is 1. The van der Waals surface area contributed by atoms with E-state index in [2.05, 4.69) is 5.10 Å². The molecule has 102 valence electrons. The average molecular weight is 268 g/mol. The van der Waals surface area contributed by atoms with Crippen LogP contribution < -0.4 is 10.3 Å². The molecule has 1 aromatic heterocycles. The standard InChI is InChI=1S/C16H16N2O2/c1-18-14-5-3-4-12(15(14)16(19)17-18)10-11-6-8-13(20-2)9-7-11/h3-9H,10H2,1-2H3,(H,17,19). The Hall–Kier alpha value is -2.49. The Balaban J connectivity index is 2.04. The van der Waals surface area contributed by atoms with Gasteiger partial charge in [0.05, 0.1) is 18.0 Å². The average Bonchev–Trinajstić information content (AvgIpc) is 2.76. The highest BCUT2D eigenvalue weighted by Gasteiger charge is 2.09. The SMILES string of the molecule is COc1ccc(Cc2cccc3c2c(=O)[nH]n3C)cc1. The molecule has 2 aromatic carbocycles. The Morgan fingerprint density at radius 3 is 2.60 bits per heavy atom. The second-order valence-corrected chi connectivity index (χ2v) is 4.84. The number of aromatic amines is 1. The lowest BCUT2D eigenvalue weighted by molar-refractivity contribution is 0.414. The van der Waals surface area contributed by atoms with Crippen LogP contribution in [-0.2, 0) is 13.5 Å². The van der Waals surface area contributed by atoms with E-state index < -0.39 is 0 Å². The van der Waals surface area contributed by atoms with Crippen LogP contribution in [0, 0.1) is 0 Å². The highest BCUT2D eigenvalue weighted by molar-refractivity contribution is 5.82. The maximum Gasteiger partial charge on any atom is 0.272 e. The van der Waals surface area contributed by atoms with Gasteiger partial charge in [-0.25, -0.2) is 0 Å². The lowest BCUT2D eigenvalue weighted by Gasteiger charge is -2.05. The number of benzene rings is 2. The molecule has 4 heteroatoms. The first kappa shape index (κ1) is 12.5. The van der Waals surface area contributed by atoms with Crippen molar-refractivity contribution >= 4 is 10.9 Å². The van der Waals surface area contributed by atoms with Crippen LogP contribution in [0.2, 0.25) is 0 Å². The molecule has 3 rings (SSSR count). The molecule has 0 aliphatic rings. The van der Waals surface area contributed by atoms with Crippen LogP contribution in [0.3, 0.4) is 0 Å². The van der Waals surface area contributed by atoms with E-state index in [1.165, 1.54) is 0 Å². The molecule has 0 aliphatic heterocycles. The topological polar surface area (TPSA) is 47.0 Å². The highest BCUT2D eigenvalue weighted by Crippen LogP contribution is 2.19. The second kappa shape index (κ2) is 4.89. The van der Waals surface area contributed by atoms with Gasteiger partial charge in [0.15, 0.2) is 0 Å². The van der Waals surface area contributed by atoms with Crippen LogP contribution in [0.4, 0.5) is 0 Å². The molecule has 0 saturated heterocycles. The number of H-pyrrole nitrogens is 1. The molecular weight excluding hydrogens is 252 g/mol. The third-order valence-electron chi connectivity index (χ3n) is 3.54. The second-order valence-electron chi connectivity index (χ2n) is 4.84. The minimum atomic E-state index is -0.0355. The quantitative estimate of drug-likeness (QED) is 0.793. The molecule has 0 aliphatic carbocycles. The number of ether oxygens (including phenoxy) is 1.